The molecule has 0 aliphatic rings. The third-order valence-corrected chi connectivity index (χ3v) is 1.35. The van der Waals surface area contributed by atoms with Crippen LogP contribution in [0.4, 0.5) is 0 Å². The lowest BCUT2D eigenvalue weighted by atomic mass is 10.3. The second-order valence-electron chi connectivity index (χ2n) is 2.49. The van der Waals surface area contributed by atoms with Gasteiger partial charge >= 0.3 is 5.97 Å². The monoisotopic (exact) mass is 196 g/mol. The largest absolute Gasteiger partial charge is 0.508 e. The fraction of sp³-hybridized carbons (Fsp3) is 0.364. The Labute approximate surface area is 84.3 Å². The highest BCUT2D eigenvalue weighted by atomic mass is 16.5. The van der Waals surface area contributed by atoms with E-state index < -0.39 is 0 Å². The van der Waals surface area contributed by atoms with Crippen molar-refractivity contribution in [2.45, 2.75) is 20.3 Å². The zero-order valence-corrected chi connectivity index (χ0v) is 8.56. The fourth-order valence-electron chi connectivity index (χ4n) is 0.691. The second-order valence-corrected chi connectivity index (χ2v) is 2.49. The average Bonchev–Trinajstić information content (AvgIpc) is 2.20. The summed E-state index contributed by atoms with van der Waals surface area (Å²) in [7, 11) is 0. The van der Waals surface area contributed by atoms with Gasteiger partial charge in [-0.05, 0) is 19.1 Å². The first kappa shape index (κ1) is 12.5. The van der Waals surface area contributed by atoms with Gasteiger partial charge in [-0.15, -0.1) is 0 Å². The van der Waals surface area contributed by atoms with Crippen molar-refractivity contribution in [1.82, 2.24) is 0 Å². The van der Waals surface area contributed by atoms with Gasteiger partial charge < -0.3 is 9.84 Å². The zero-order valence-electron chi connectivity index (χ0n) is 8.56. The molecule has 0 radical (unpaired) electrons. The standard InChI is InChI=1S/C6H6O.C5H10O2/c7-6-4-2-1-3-5-6;1-3-5(6)7-4-2/h1-5,7H;3-4H2,1-2H3. The summed E-state index contributed by atoms with van der Waals surface area (Å²) in [5, 5.41) is 8.63. The van der Waals surface area contributed by atoms with Crippen LogP contribution in [0.5, 0.6) is 5.75 Å². The maximum Gasteiger partial charge on any atom is 0.305 e. The van der Waals surface area contributed by atoms with Crippen LogP contribution in [0.2, 0.25) is 0 Å². The number of para-hydroxylation sites is 1. The van der Waals surface area contributed by atoms with Crippen LogP contribution < -0.4 is 0 Å². The molecule has 3 nitrogen and oxygen atoms in total. The van der Waals surface area contributed by atoms with Crippen molar-refractivity contribution in [1.29, 1.82) is 0 Å². The molecule has 0 aliphatic heterocycles. The van der Waals surface area contributed by atoms with Gasteiger partial charge in [0.05, 0.1) is 6.61 Å². The minimum atomic E-state index is -0.123. The number of phenols is 1. The highest BCUT2D eigenvalue weighted by Gasteiger charge is 1.91. The predicted octanol–water partition coefficient (Wildman–Crippen LogP) is 2.35. The number of carbonyl (C=O) groups excluding carboxylic acids is 1. The van der Waals surface area contributed by atoms with E-state index in [4.69, 9.17) is 5.11 Å². The van der Waals surface area contributed by atoms with Gasteiger partial charge in [0.1, 0.15) is 5.75 Å². The first-order valence-corrected chi connectivity index (χ1v) is 4.60. The Morgan fingerprint density at radius 2 is 1.86 bits per heavy atom. The zero-order chi connectivity index (χ0) is 10.8. The molecule has 0 aliphatic carbocycles. The summed E-state index contributed by atoms with van der Waals surface area (Å²) in [5.74, 6) is 0.199. The maximum atomic E-state index is 10.2. The van der Waals surface area contributed by atoms with Crippen molar-refractivity contribution >= 4 is 5.97 Å². The minimum Gasteiger partial charge on any atom is -0.508 e. The highest BCUT2D eigenvalue weighted by Crippen LogP contribution is 2.02. The number of phenolic OH excluding ortho intramolecular Hbond substituents is 1. The fourth-order valence-corrected chi connectivity index (χ4v) is 0.691. The van der Waals surface area contributed by atoms with Crippen molar-refractivity contribution in [2.75, 3.05) is 6.61 Å². The molecule has 0 atom stereocenters. The lowest BCUT2D eigenvalue weighted by Crippen LogP contribution is -2.00. The molecule has 1 aromatic carbocycles. The summed E-state index contributed by atoms with van der Waals surface area (Å²) in [6.07, 6.45) is 0.480. The molecule has 3 heteroatoms. The number of benzene rings is 1. The van der Waals surface area contributed by atoms with Crippen molar-refractivity contribution in [3.05, 3.63) is 30.3 Å². The molecule has 0 saturated heterocycles. The molecule has 0 spiro atoms. The lowest BCUT2D eigenvalue weighted by Gasteiger charge is -1.93. The SMILES string of the molecule is CCOC(=O)CC.Oc1ccccc1. The molecule has 0 amide bonds. The smallest absolute Gasteiger partial charge is 0.305 e. The molecule has 1 aromatic rings. The van der Waals surface area contributed by atoms with E-state index in [0.29, 0.717) is 18.8 Å². The predicted molar refractivity (Wildman–Crippen MR) is 55.0 cm³/mol. The van der Waals surface area contributed by atoms with E-state index in [1.807, 2.05) is 6.07 Å². The van der Waals surface area contributed by atoms with Crippen LogP contribution in [0, 0.1) is 0 Å². The molecule has 0 aromatic heterocycles. The van der Waals surface area contributed by atoms with Crippen LogP contribution in [0.3, 0.4) is 0 Å². The van der Waals surface area contributed by atoms with E-state index in [9.17, 15) is 4.79 Å². The summed E-state index contributed by atoms with van der Waals surface area (Å²) < 4.78 is 4.55. The van der Waals surface area contributed by atoms with Gasteiger partial charge in [-0.25, -0.2) is 0 Å². The molecular formula is C11H16O3. The molecule has 0 unspecified atom stereocenters. The number of hydrogen-bond donors (Lipinski definition) is 1. The highest BCUT2D eigenvalue weighted by molar-refractivity contribution is 5.68. The van der Waals surface area contributed by atoms with Crippen LogP contribution in [-0.4, -0.2) is 17.7 Å². The Balaban J connectivity index is 0.000000241. The van der Waals surface area contributed by atoms with Gasteiger partial charge in [0.25, 0.3) is 0 Å². The summed E-state index contributed by atoms with van der Waals surface area (Å²) in [5.41, 5.74) is 0. The average molecular weight is 196 g/mol. The molecule has 0 fully saturated rings. The van der Waals surface area contributed by atoms with E-state index >= 15 is 0 Å². The van der Waals surface area contributed by atoms with Gasteiger partial charge in [0, 0.05) is 6.42 Å². The summed E-state index contributed by atoms with van der Waals surface area (Å²) in [6, 6.07) is 8.71. The number of rotatable bonds is 2. The second kappa shape index (κ2) is 8.10. The molecule has 0 saturated carbocycles. The summed E-state index contributed by atoms with van der Waals surface area (Å²) in [6.45, 7) is 4.07. The van der Waals surface area contributed by atoms with E-state index in [-0.39, 0.29) is 5.97 Å². The molecule has 0 heterocycles. The number of aromatic hydroxyl groups is 1. The Morgan fingerprint density at radius 1 is 1.29 bits per heavy atom. The first-order valence-electron chi connectivity index (χ1n) is 4.60. The minimum absolute atomic E-state index is 0.123. The van der Waals surface area contributed by atoms with E-state index in [1.165, 1.54) is 0 Å². The van der Waals surface area contributed by atoms with Gasteiger partial charge in [-0.3, -0.25) is 4.79 Å². The van der Waals surface area contributed by atoms with Crippen molar-refractivity contribution < 1.29 is 14.6 Å². The molecular weight excluding hydrogens is 180 g/mol. The third-order valence-electron chi connectivity index (χ3n) is 1.35. The van der Waals surface area contributed by atoms with Crippen LogP contribution >= 0.6 is 0 Å². The van der Waals surface area contributed by atoms with Crippen LogP contribution in [0.15, 0.2) is 30.3 Å². The number of hydrogen-bond acceptors (Lipinski definition) is 3. The van der Waals surface area contributed by atoms with E-state index in [1.54, 1.807) is 38.1 Å². The van der Waals surface area contributed by atoms with Crippen LogP contribution in [-0.2, 0) is 9.53 Å². The molecule has 1 rings (SSSR count). The lowest BCUT2D eigenvalue weighted by molar-refractivity contribution is -0.142. The molecule has 14 heavy (non-hydrogen) atoms. The number of esters is 1. The van der Waals surface area contributed by atoms with Gasteiger partial charge in [-0.2, -0.15) is 0 Å². The Kier molecular flexibility index (Phi) is 7.23. The topological polar surface area (TPSA) is 46.5 Å². The quantitative estimate of drug-likeness (QED) is 0.738. The van der Waals surface area contributed by atoms with Gasteiger partial charge in [-0.1, -0.05) is 25.1 Å². The summed E-state index contributed by atoms with van der Waals surface area (Å²) >= 11 is 0. The Bertz CT molecular complexity index is 244. The maximum absolute atomic E-state index is 10.2. The van der Waals surface area contributed by atoms with Crippen molar-refractivity contribution in [3.63, 3.8) is 0 Å². The van der Waals surface area contributed by atoms with Gasteiger partial charge in [0.15, 0.2) is 0 Å². The van der Waals surface area contributed by atoms with Crippen LogP contribution in [0.1, 0.15) is 20.3 Å². The first-order chi connectivity index (χ1) is 6.70. The molecule has 1 N–H and O–H groups in total. The Morgan fingerprint density at radius 3 is 2.07 bits per heavy atom. The van der Waals surface area contributed by atoms with Crippen molar-refractivity contribution in [2.24, 2.45) is 0 Å². The molecule has 0 bridgehead atoms. The van der Waals surface area contributed by atoms with E-state index in [2.05, 4.69) is 4.74 Å². The third kappa shape index (κ3) is 7.16. The number of ether oxygens (including phenoxy) is 1. The van der Waals surface area contributed by atoms with Crippen LogP contribution in [0.25, 0.3) is 0 Å². The number of carbonyl (C=O) groups is 1. The Hall–Kier alpha value is -1.51. The normalized spacial score (nSPS) is 8.43. The van der Waals surface area contributed by atoms with E-state index in [0.717, 1.165) is 0 Å². The van der Waals surface area contributed by atoms with Gasteiger partial charge in [0.2, 0.25) is 0 Å². The van der Waals surface area contributed by atoms with Crippen molar-refractivity contribution in [3.8, 4) is 5.75 Å². The summed E-state index contributed by atoms with van der Waals surface area (Å²) in [4.78, 5) is 10.2. The molecule has 78 valence electrons.